The maximum absolute atomic E-state index is 12.6. The van der Waals surface area contributed by atoms with Gasteiger partial charge in [-0.15, -0.1) is 0 Å². The molecule has 4 aromatic rings. The number of aryl methyl sites for hydroxylation is 3. The van der Waals surface area contributed by atoms with E-state index in [0.29, 0.717) is 18.7 Å². The Hall–Kier alpha value is -3.86. The molecule has 1 heterocycles. The summed E-state index contributed by atoms with van der Waals surface area (Å²) < 4.78 is 8.14. The summed E-state index contributed by atoms with van der Waals surface area (Å²) in [7, 11) is 0. The minimum atomic E-state index is -0.0380. The second-order valence-electron chi connectivity index (χ2n) is 7.95. The summed E-state index contributed by atoms with van der Waals surface area (Å²) in [5, 5.41) is 7.71. The zero-order chi connectivity index (χ0) is 22.5. The lowest BCUT2D eigenvalue weighted by atomic mass is 10.1. The van der Waals surface area contributed by atoms with E-state index in [-0.39, 0.29) is 5.91 Å². The van der Waals surface area contributed by atoms with Gasteiger partial charge in [-0.3, -0.25) is 4.79 Å². The van der Waals surface area contributed by atoms with E-state index in [1.165, 1.54) is 0 Å². The number of hydrogen-bond donors (Lipinski definition) is 1. The SMILES string of the molecule is Cc1cccc(NC(=O)CCc2c(C)nn(-c3ccccc3)c2Oc2cccc(C)c2)c1. The molecule has 5 nitrogen and oxygen atoms in total. The van der Waals surface area contributed by atoms with Gasteiger partial charge in [0.1, 0.15) is 5.75 Å². The number of nitrogens with one attached hydrogen (secondary N) is 1. The predicted octanol–water partition coefficient (Wildman–Crippen LogP) is 6.16. The Kier molecular flexibility index (Phi) is 6.36. The third-order valence-corrected chi connectivity index (χ3v) is 5.25. The molecule has 0 bridgehead atoms. The highest BCUT2D eigenvalue weighted by atomic mass is 16.5. The Morgan fingerprint density at radius 2 is 1.62 bits per heavy atom. The van der Waals surface area contributed by atoms with Crippen LogP contribution in [0, 0.1) is 20.8 Å². The Balaban J connectivity index is 1.60. The number of hydrogen-bond acceptors (Lipinski definition) is 3. The molecule has 0 radical (unpaired) electrons. The van der Waals surface area contributed by atoms with E-state index in [0.717, 1.165) is 39.5 Å². The van der Waals surface area contributed by atoms with Crippen LogP contribution in [0.15, 0.2) is 78.9 Å². The van der Waals surface area contributed by atoms with Crippen LogP contribution in [0.25, 0.3) is 5.69 Å². The van der Waals surface area contributed by atoms with Gasteiger partial charge in [-0.25, -0.2) is 4.68 Å². The summed E-state index contributed by atoms with van der Waals surface area (Å²) in [5.74, 6) is 1.35. The fourth-order valence-corrected chi connectivity index (χ4v) is 3.65. The van der Waals surface area contributed by atoms with Gasteiger partial charge in [-0.1, -0.05) is 42.5 Å². The average molecular weight is 426 g/mol. The topological polar surface area (TPSA) is 56.2 Å². The molecule has 0 spiro atoms. The number of benzene rings is 3. The lowest BCUT2D eigenvalue weighted by Crippen LogP contribution is -2.12. The summed E-state index contributed by atoms with van der Waals surface area (Å²) in [6, 6.07) is 25.6. The van der Waals surface area contributed by atoms with E-state index < -0.39 is 0 Å². The van der Waals surface area contributed by atoms with Gasteiger partial charge < -0.3 is 10.1 Å². The minimum Gasteiger partial charge on any atom is -0.439 e. The first-order valence-corrected chi connectivity index (χ1v) is 10.7. The third kappa shape index (κ3) is 5.06. The molecule has 0 saturated heterocycles. The van der Waals surface area contributed by atoms with Crippen LogP contribution in [0.3, 0.4) is 0 Å². The Bertz CT molecular complexity index is 1230. The van der Waals surface area contributed by atoms with Crippen molar-refractivity contribution in [3.05, 3.63) is 101 Å². The summed E-state index contributed by atoms with van der Waals surface area (Å²) >= 11 is 0. The van der Waals surface area contributed by atoms with Crippen LogP contribution < -0.4 is 10.1 Å². The van der Waals surface area contributed by atoms with Gasteiger partial charge in [-0.2, -0.15) is 5.10 Å². The molecule has 0 aliphatic rings. The van der Waals surface area contributed by atoms with E-state index in [1.54, 1.807) is 0 Å². The second kappa shape index (κ2) is 9.52. The molecule has 0 saturated carbocycles. The van der Waals surface area contributed by atoms with E-state index >= 15 is 0 Å². The monoisotopic (exact) mass is 425 g/mol. The van der Waals surface area contributed by atoms with Gasteiger partial charge >= 0.3 is 0 Å². The van der Waals surface area contributed by atoms with E-state index in [2.05, 4.69) is 5.32 Å². The smallest absolute Gasteiger partial charge is 0.226 e. The number of carbonyl (C=O) groups excluding carboxylic acids is 1. The number of ether oxygens (including phenoxy) is 1. The molecule has 4 rings (SSSR count). The quantitative estimate of drug-likeness (QED) is 0.386. The lowest BCUT2D eigenvalue weighted by Gasteiger charge is -2.12. The van der Waals surface area contributed by atoms with E-state index in [9.17, 15) is 4.79 Å². The van der Waals surface area contributed by atoms with Crippen LogP contribution >= 0.6 is 0 Å². The molecule has 0 fully saturated rings. The van der Waals surface area contributed by atoms with Crippen molar-refractivity contribution >= 4 is 11.6 Å². The summed E-state index contributed by atoms with van der Waals surface area (Å²) in [6.07, 6.45) is 0.858. The summed E-state index contributed by atoms with van der Waals surface area (Å²) in [4.78, 5) is 12.6. The molecule has 0 atom stereocenters. The van der Waals surface area contributed by atoms with Crippen LogP contribution in [0.2, 0.25) is 0 Å². The first kappa shape index (κ1) is 21.4. The number of rotatable bonds is 7. The van der Waals surface area contributed by atoms with Crippen molar-refractivity contribution in [2.45, 2.75) is 33.6 Å². The van der Waals surface area contributed by atoms with Crippen LogP contribution in [-0.2, 0) is 11.2 Å². The standard InChI is InChI=1S/C27H27N3O2/c1-19-9-7-11-22(17-19)28-26(31)16-15-25-21(3)29-30(23-12-5-4-6-13-23)27(25)32-24-14-8-10-20(2)18-24/h4-14,17-18H,15-16H2,1-3H3,(H,28,31). The maximum Gasteiger partial charge on any atom is 0.226 e. The first-order valence-electron chi connectivity index (χ1n) is 10.7. The zero-order valence-corrected chi connectivity index (χ0v) is 18.6. The normalized spacial score (nSPS) is 10.7. The molecule has 5 heteroatoms. The number of anilines is 1. The molecule has 0 aliphatic heterocycles. The van der Waals surface area contributed by atoms with Crippen molar-refractivity contribution in [3.8, 4) is 17.3 Å². The van der Waals surface area contributed by atoms with Gasteiger partial charge in [0, 0.05) is 17.7 Å². The first-order chi connectivity index (χ1) is 15.5. The van der Waals surface area contributed by atoms with E-state index in [4.69, 9.17) is 9.84 Å². The molecule has 162 valence electrons. The molecular weight excluding hydrogens is 398 g/mol. The van der Waals surface area contributed by atoms with Gasteiger partial charge in [0.15, 0.2) is 0 Å². The fraction of sp³-hybridized carbons (Fsp3) is 0.185. The van der Waals surface area contributed by atoms with Crippen LogP contribution in [-0.4, -0.2) is 15.7 Å². The Morgan fingerprint density at radius 1 is 0.906 bits per heavy atom. The molecule has 1 amide bonds. The number of carbonyl (C=O) groups is 1. The highest BCUT2D eigenvalue weighted by molar-refractivity contribution is 5.90. The molecule has 0 aliphatic carbocycles. The van der Waals surface area contributed by atoms with Crippen LogP contribution in [0.5, 0.6) is 11.6 Å². The predicted molar refractivity (Wildman–Crippen MR) is 128 cm³/mol. The fourth-order valence-electron chi connectivity index (χ4n) is 3.65. The van der Waals surface area contributed by atoms with Crippen molar-refractivity contribution in [1.29, 1.82) is 0 Å². The second-order valence-corrected chi connectivity index (χ2v) is 7.95. The van der Waals surface area contributed by atoms with Gasteiger partial charge in [-0.05, 0) is 74.7 Å². The minimum absolute atomic E-state index is 0.0380. The molecule has 1 aromatic heterocycles. The van der Waals surface area contributed by atoms with Crippen molar-refractivity contribution in [2.75, 3.05) is 5.32 Å². The maximum atomic E-state index is 12.6. The summed E-state index contributed by atoms with van der Waals surface area (Å²) in [6.45, 7) is 5.99. The molecule has 3 aromatic carbocycles. The van der Waals surface area contributed by atoms with Gasteiger partial charge in [0.05, 0.1) is 11.4 Å². The van der Waals surface area contributed by atoms with Gasteiger partial charge in [0.25, 0.3) is 0 Å². The number of nitrogens with zero attached hydrogens (tertiary/aromatic N) is 2. The molecule has 1 N–H and O–H groups in total. The van der Waals surface area contributed by atoms with Crippen molar-refractivity contribution in [1.82, 2.24) is 9.78 Å². The lowest BCUT2D eigenvalue weighted by molar-refractivity contribution is -0.116. The van der Waals surface area contributed by atoms with Crippen molar-refractivity contribution in [2.24, 2.45) is 0 Å². The summed E-state index contributed by atoms with van der Waals surface area (Å²) in [5.41, 5.74) is 5.71. The molecular formula is C27H27N3O2. The van der Waals surface area contributed by atoms with Crippen molar-refractivity contribution in [3.63, 3.8) is 0 Å². The zero-order valence-electron chi connectivity index (χ0n) is 18.6. The van der Waals surface area contributed by atoms with E-state index in [1.807, 2.05) is 104 Å². The Morgan fingerprint density at radius 3 is 2.34 bits per heavy atom. The van der Waals surface area contributed by atoms with Crippen molar-refractivity contribution < 1.29 is 9.53 Å². The number of amides is 1. The van der Waals surface area contributed by atoms with Gasteiger partial charge in [0.2, 0.25) is 11.8 Å². The Labute approximate surface area is 188 Å². The number of para-hydroxylation sites is 1. The molecule has 0 unspecified atom stereocenters. The number of aromatic nitrogens is 2. The largest absolute Gasteiger partial charge is 0.439 e. The molecule has 32 heavy (non-hydrogen) atoms. The third-order valence-electron chi connectivity index (χ3n) is 5.25. The van der Waals surface area contributed by atoms with Crippen LogP contribution in [0.1, 0.15) is 28.8 Å². The highest BCUT2D eigenvalue weighted by Gasteiger charge is 2.20. The average Bonchev–Trinajstić information content (AvgIpc) is 3.08. The highest BCUT2D eigenvalue weighted by Crippen LogP contribution is 2.32. The van der Waals surface area contributed by atoms with Crippen LogP contribution in [0.4, 0.5) is 5.69 Å².